The lowest BCUT2D eigenvalue weighted by Gasteiger charge is -2.48. The number of hydrogen-bond acceptors (Lipinski definition) is 5. The molecule has 0 unspecified atom stereocenters. The van der Waals surface area contributed by atoms with Gasteiger partial charge in [-0.2, -0.15) is 0 Å². The van der Waals surface area contributed by atoms with E-state index in [9.17, 15) is 14.7 Å². The van der Waals surface area contributed by atoms with Crippen LogP contribution in [-0.4, -0.2) is 75.1 Å². The van der Waals surface area contributed by atoms with E-state index in [1.807, 2.05) is 30.9 Å². The van der Waals surface area contributed by atoms with Crippen LogP contribution in [0, 0.1) is 5.92 Å². The van der Waals surface area contributed by atoms with Crippen molar-refractivity contribution in [1.82, 2.24) is 20.1 Å². The minimum atomic E-state index is -0.889. The summed E-state index contributed by atoms with van der Waals surface area (Å²) in [6, 6.07) is 5.71. The summed E-state index contributed by atoms with van der Waals surface area (Å²) in [5.41, 5.74) is 0.131. The van der Waals surface area contributed by atoms with Crippen molar-refractivity contribution >= 4 is 11.8 Å². The molecule has 1 aliphatic carbocycles. The van der Waals surface area contributed by atoms with Gasteiger partial charge in [0.1, 0.15) is 11.7 Å². The van der Waals surface area contributed by atoms with Crippen LogP contribution >= 0.6 is 0 Å². The minimum absolute atomic E-state index is 0.0176. The quantitative estimate of drug-likeness (QED) is 0.663. The summed E-state index contributed by atoms with van der Waals surface area (Å²) in [6.45, 7) is 14.9. The van der Waals surface area contributed by atoms with Crippen LogP contribution in [-0.2, 0) is 10.2 Å². The van der Waals surface area contributed by atoms with Gasteiger partial charge < -0.3 is 20.2 Å². The minimum Gasteiger partial charge on any atom is -0.390 e. The number of carbonyl (C=O) groups is 2. The Morgan fingerprint density at radius 2 is 1.85 bits per heavy atom. The lowest BCUT2D eigenvalue weighted by molar-refractivity contribution is -0.137. The number of rotatable bonds is 6. The van der Waals surface area contributed by atoms with Gasteiger partial charge in [0, 0.05) is 41.7 Å². The highest BCUT2D eigenvalue weighted by atomic mass is 16.3. The molecule has 1 aliphatic heterocycles. The number of pyridine rings is 1. The molecule has 34 heavy (non-hydrogen) atoms. The first-order valence-corrected chi connectivity index (χ1v) is 12.7. The SMILES string of the molecule is CC(C)N(C)[C@@H]1CC[C@H](N2CC[C@H](NC(=O)c3cccc(C(C)(C)C)n3)C2=O)[C@H](C(C)(C)O)C1. The van der Waals surface area contributed by atoms with E-state index in [1.165, 1.54) is 0 Å². The van der Waals surface area contributed by atoms with Crippen molar-refractivity contribution in [3.63, 3.8) is 0 Å². The monoisotopic (exact) mass is 472 g/mol. The van der Waals surface area contributed by atoms with Crippen molar-refractivity contribution in [1.29, 1.82) is 0 Å². The Bertz CT molecular complexity index is 887. The first-order valence-electron chi connectivity index (χ1n) is 12.7. The topological polar surface area (TPSA) is 85.8 Å². The van der Waals surface area contributed by atoms with Crippen molar-refractivity contribution in [2.75, 3.05) is 13.6 Å². The van der Waals surface area contributed by atoms with Crippen molar-refractivity contribution in [3.8, 4) is 0 Å². The third-order valence-electron chi connectivity index (χ3n) is 7.78. The summed E-state index contributed by atoms with van der Waals surface area (Å²) in [7, 11) is 2.15. The van der Waals surface area contributed by atoms with Gasteiger partial charge >= 0.3 is 0 Å². The molecule has 1 saturated carbocycles. The maximum Gasteiger partial charge on any atom is 0.270 e. The van der Waals surface area contributed by atoms with Crippen LogP contribution in [0.4, 0.5) is 0 Å². The number of aromatic nitrogens is 1. The van der Waals surface area contributed by atoms with Gasteiger partial charge in [-0.25, -0.2) is 4.98 Å². The maximum absolute atomic E-state index is 13.4. The summed E-state index contributed by atoms with van der Waals surface area (Å²) >= 11 is 0. The van der Waals surface area contributed by atoms with Crippen LogP contribution in [0.1, 0.15) is 90.3 Å². The van der Waals surface area contributed by atoms with E-state index in [0.717, 1.165) is 25.0 Å². The van der Waals surface area contributed by atoms with Crippen molar-refractivity contribution < 1.29 is 14.7 Å². The summed E-state index contributed by atoms with van der Waals surface area (Å²) in [4.78, 5) is 35.1. The second kappa shape index (κ2) is 9.94. The van der Waals surface area contributed by atoms with Gasteiger partial charge in [-0.3, -0.25) is 9.59 Å². The standard InChI is InChI=1S/C27H44N4O3/c1-17(2)30(8)18-12-13-22(19(16-18)27(6,7)34)31-15-14-21(25(31)33)29-24(32)20-10-9-11-23(28-20)26(3,4)5/h9-11,17-19,21-22,34H,12-16H2,1-8H3,(H,29,32)/t18-,19-,21+,22+/m1/s1. The number of carbonyl (C=O) groups excluding carboxylic acids is 2. The average Bonchev–Trinajstić information content (AvgIpc) is 3.11. The molecule has 2 heterocycles. The molecule has 2 amide bonds. The van der Waals surface area contributed by atoms with Gasteiger partial charge in [0.05, 0.1) is 5.60 Å². The van der Waals surface area contributed by atoms with E-state index in [4.69, 9.17) is 0 Å². The Morgan fingerprint density at radius 3 is 2.44 bits per heavy atom. The largest absolute Gasteiger partial charge is 0.390 e. The molecule has 2 aliphatic rings. The van der Waals surface area contributed by atoms with Crippen LogP contribution in [0.25, 0.3) is 0 Å². The molecule has 0 spiro atoms. The molecule has 2 N–H and O–H groups in total. The van der Waals surface area contributed by atoms with Crippen molar-refractivity contribution in [2.45, 2.75) is 109 Å². The fourth-order valence-corrected chi connectivity index (χ4v) is 5.43. The van der Waals surface area contributed by atoms with Crippen molar-refractivity contribution in [3.05, 3.63) is 29.6 Å². The smallest absolute Gasteiger partial charge is 0.270 e. The highest BCUT2D eigenvalue weighted by molar-refractivity contribution is 5.96. The van der Waals surface area contributed by atoms with Gasteiger partial charge in [-0.1, -0.05) is 26.8 Å². The molecular formula is C27H44N4O3. The number of aliphatic hydroxyl groups is 1. The fraction of sp³-hybridized carbons (Fsp3) is 0.741. The molecule has 7 nitrogen and oxygen atoms in total. The number of likely N-dealkylation sites (tertiary alicyclic amines) is 1. The second-order valence-corrected chi connectivity index (χ2v) is 12.1. The highest BCUT2D eigenvalue weighted by Gasteiger charge is 2.47. The zero-order chi connectivity index (χ0) is 25.4. The predicted molar refractivity (Wildman–Crippen MR) is 135 cm³/mol. The molecular weight excluding hydrogens is 428 g/mol. The lowest BCUT2D eigenvalue weighted by Crippen LogP contribution is -2.56. The zero-order valence-electron chi connectivity index (χ0n) is 22.3. The molecule has 0 bridgehead atoms. The second-order valence-electron chi connectivity index (χ2n) is 12.1. The normalized spacial score (nSPS) is 26.4. The van der Waals surface area contributed by atoms with Crippen LogP contribution < -0.4 is 5.32 Å². The van der Waals surface area contributed by atoms with Gasteiger partial charge in [0.2, 0.25) is 5.91 Å². The fourth-order valence-electron chi connectivity index (χ4n) is 5.43. The highest BCUT2D eigenvalue weighted by Crippen LogP contribution is 2.39. The Hall–Kier alpha value is -1.99. The average molecular weight is 473 g/mol. The first-order chi connectivity index (χ1) is 15.7. The van der Waals surface area contributed by atoms with Gasteiger partial charge in [-0.05, 0) is 72.6 Å². The molecule has 3 rings (SSSR count). The van der Waals surface area contributed by atoms with E-state index >= 15 is 0 Å². The van der Waals surface area contributed by atoms with E-state index < -0.39 is 11.6 Å². The van der Waals surface area contributed by atoms with Crippen LogP contribution in [0.2, 0.25) is 0 Å². The van der Waals surface area contributed by atoms with Crippen LogP contribution in [0.15, 0.2) is 18.2 Å². The van der Waals surface area contributed by atoms with Gasteiger partial charge in [0.25, 0.3) is 5.91 Å². The molecule has 1 saturated heterocycles. The zero-order valence-corrected chi connectivity index (χ0v) is 22.3. The van der Waals surface area contributed by atoms with Gasteiger partial charge in [0.15, 0.2) is 0 Å². The van der Waals surface area contributed by atoms with E-state index in [0.29, 0.717) is 30.7 Å². The van der Waals surface area contributed by atoms with Crippen molar-refractivity contribution in [2.24, 2.45) is 5.92 Å². The molecule has 0 aromatic carbocycles. The lowest BCUT2D eigenvalue weighted by atomic mass is 9.72. The molecule has 1 aromatic heterocycles. The molecule has 4 atom stereocenters. The van der Waals surface area contributed by atoms with E-state index in [1.54, 1.807) is 6.07 Å². The molecule has 2 fully saturated rings. The summed E-state index contributed by atoms with van der Waals surface area (Å²) < 4.78 is 0. The number of nitrogens with zero attached hydrogens (tertiary/aromatic N) is 3. The third-order valence-corrected chi connectivity index (χ3v) is 7.78. The summed E-state index contributed by atoms with van der Waals surface area (Å²) in [5.74, 6) is -0.376. The third kappa shape index (κ3) is 5.80. The van der Waals surface area contributed by atoms with E-state index in [2.05, 4.69) is 56.9 Å². The maximum atomic E-state index is 13.4. The molecule has 190 valence electrons. The number of hydrogen-bond donors (Lipinski definition) is 2. The Morgan fingerprint density at radius 1 is 1.18 bits per heavy atom. The Kier molecular flexibility index (Phi) is 7.78. The summed E-state index contributed by atoms with van der Waals surface area (Å²) in [6.07, 6.45) is 3.29. The summed E-state index contributed by atoms with van der Waals surface area (Å²) in [5, 5.41) is 13.9. The van der Waals surface area contributed by atoms with E-state index in [-0.39, 0.29) is 29.2 Å². The molecule has 0 radical (unpaired) electrons. The predicted octanol–water partition coefficient (Wildman–Crippen LogP) is 3.36. The molecule has 1 aromatic rings. The first kappa shape index (κ1) is 26.6. The Labute approximate surface area is 205 Å². The van der Waals surface area contributed by atoms with Gasteiger partial charge in [-0.15, -0.1) is 0 Å². The van der Waals surface area contributed by atoms with Crippen LogP contribution in [0.3, 0.4) is 0 Å². The number of nitrogens with one attached hydrogen (secondary N) is 1. The Balaban J connectivity index is 1.71. The van der Waals surface area contributed by atoms with Crippen LogP contribution in [0.5, 0.6) is 0 Å². The molecule has 7 heteroatoms. The number of amides is 2.